The number of carbonyl (C=O) groups is 2. The molecule has 9 nitrogen and oxygen atoms in total. The number of halogens is 3. The number of fused-ring (bicyclic) bond motifs is 1. The van der Waals surface area contributed by atoms with Crippen LogP contribution in [0.2, 0.25) is 0 Å². The predicted octanol–water partition coefficient (Wildman–Crippen LogP) is 2.87. The number of nitrogens with one attached hydrogen (secondary N) is 3. The molecule has 1 fully saturated rings. The average molecular weight is 469 g/mol. The van der Waals surface area contributed by atoms with Crippen LogP contribution in [0.4, 0.5) is 30.4 Å². The first-order chi connectivity index (χ1) is 16.3. The van der Waals surface area contributed by atoms with Gasteiger partial charge in [0.1, 0.15) is 12.4 Å². The van der Waals surface area contributed by atoms with Crippen molar-refractivity contribution in [2.75, 3.05) is 17.6 Å². The molecule has 0 aromatic carbocycles. The van der Waals surface area contributed by atoms with E-state index in [0.29, 0.717) is 4.70 Å². The number of amides is 2. The van der Waals surface area contributed by atoms with Gasteiger partial charge in [0.25, 0.3) is 11.5 Å². The molecule has 0 bridgehead atoms. The number of thiophene rings is 1. The highest BCUT2D eigenvalue weighted by atomic mass is 32.1. The van der Waals surface area contributed by atoms with Gasteiger partial charge >= 0.3 is 6.18 Å². The molecule has 168 valence electrons. The van der Waals surface area contributed by atoms with Gasteiger partial charge in [0.2, 0.25) is 5.91 Å². The molecule has 0 aliphatic heterocycles. The third-order valence-corrected chi connectivity index (χ3v) is 5.56. The molecule has 0 saturated heterocycles. The van der Waals surface area contributed by atoms with Crippen LogP contribution in [0.3, 0.4) is 0 Å². The molecule has 0 radical (unpaired) electrons. The highest BCUT2D eigenvalue weighted by molar-refractivity contribution is 7.17. The Hall–Kier alpha value is -3.48. The van der Waals surface area contributed by atoms with Crippen LogP contribution in [0.25, 0.3) is 10.1 Å². The van der Waals surface area contributed by atoms with Gasteiger partial charge in [-0.25, -0.2) is 9.67 Å². The summed E-state index contributed by atoms with van der Waals surface area (Å²) in [6.45, 7) is -4.39. The zero-order valence-electron chi connectivity index (χ0n) is 19.1. The van der Waals surface area contributed by atoms with E-state index in [1.165, 1.54) is 11.4 Å². The van der Waals surface area contributed by atoms with Crippen LogP contribution in [-0.2, 0) is 11.3 Å². The van der Waals surface area contributed by atoms with Crippen molar-refractivity contribution >= 4 is 50.4 Å². The van der Waals surface area contributed by atoms with Crippen molar-refractivity contribution in [1.82, 2.24) is 20.1 Å². The summed E-state index contributed by atoms with van der Waals surface area (Å²) in [4.78, 5) is 41.4. The Morgan fingerprint density at radius 3 is 2.78 bits per heavy atom. The van der Waals surface area contributed by atoms with Gasteiger partial charge in [0.15, 0.2) is 0 Å². The van der Waals surface area contributed by atoms with Gasteiger partial charge in [-0.15, -0.1) is 11.3 Å². The minimum atomic E-state index is -4.67. The predicted molar refractivity (Wildman–Crippen MR) is 112 cm³/mol. The van der Waals surface area contributed by atoms with Gasteiger partial charge in [-0.1, -0.05) is 0 Å². The minimum Gasteiger partial charge on any atom is -0.355 e. The number of nitrogens with zero attached hydrogens (tertiary/aromatic N) is 3. The maximum Gasteiger partial charge on any atom is 0.408 e. The molecular formula is C19H17F3N6O3S. The average Bonchev–Trinajstić information content (AvgIpc) is 3.50. The van der Waals surface area contributed by atoms with Crippen molar-refractivity contribution in [2.24, 2.45) is 5.92 Å². The second-order valence-electron chi connectivity index (χ2n) is 7.07. The maximum atomic E-state index is 12.8. The largest absolute Gasteiger partial charge is 0.408 e. The zero-order valence-corrected chi connectivity index (χ0v) is 16.9. The summed E-state index contributed by atoms with van der Waals surface area (Å²) in [5, 5.41) is 12.1. The summed E-state index contributed by atoms with van der Waals surface area (Å²) in [5.74, 6) is -1.38. The highest BCUT2D eigenvalue weighted by Crippen LogP contribution is 2.33. The lowest BCUT2D eigenvalue weighted by molar-refractivity contribution is -0.143. The molecule has 3 heterocycles. The second-order valence-corrected chi connectivity index (χ2v) is 7.98. The third kappa shape index (κ3) is 4.56. The van der Waals surface area contributed by atoms with E-state index in [-0.39, 0.29) is 44.6 Å². The molecule has 1 aliphatic rings. The summed E-state index contributed by atoms with van der Waals surface area (Å²) < 4.78 is 60.9. The Balaban J connectivity index is 1.74. The minimum absolute atomic E-state index is 0.0221. The van der Waals surface area contributed by atoms with Crippen LogP contribution in [0.5, 0.6) is 0 Å². The van der Waals surface area contributed by atoms with E-state index in [0.717, 1.165) is 36.6 Å². The van der Waals surface area contributed by atoms with E-state index in [1.54, 1.807) is 0 Å². The Bertz CT molecular complexity index is 1370. The van der Waals surface area contributed by atoms with E-state index in [9.17, 15) is 27.6 Å². The lowest BCUT2D eigenvalue weighted by atomic mass is 10.2. The molecule has 13 heteroatoms. The zero-order chi connectivity index (χ0) is 25.5. The van der Waals surface area contributed by atoms with Crippen LogP contribution in [0, 0.1) is 5.92 Å². The molecular weight excluding hydrogens is 449 g/mol. The quantitative estimate of drug-likeness (QED) is 0.511. The van der Waals surface area contributed by atoms with Gasteiger partial charge in [0.05, 0.1) is 33.2 Å². The third-order valence-electron chi connectivity index (χ3n) is 4.64. The number of hydrogen-bond acceptors (Lipinski definition) is 7. The highest BCUT2D eigenvalue weighted by Gasteiger charge is 2.31. The fourth-order valence-corrected chi connectivity index (χ4v) is 3.81. The normalized spacial score (nSPS) is 15.5. The first kappa shape index (κ1) is 18.1. The van der Waals surface area contributed by atoms with Gasteiger partial charge in [-0.3, -0.25) is 14.4 Å². The van der Waals surface area contributed by atoms with E-state index in [4.69, 9.17) is 4.11 Å². The molecule has 3 aromatic rings. The van der Waals surface area contributed by atoms with Crippen molar-refractivity contribution in [3.05, 3.63) is 39.8 Å². The standard InChI is InChI=1S/C19H17F3N6O3S/c1-23-17(30)10-5-24-14(27-16(29)9-2-3-9)4-11(10)26-12-7-32-13-6-25-28(8-19(20,21)22)18(31)15(12)13/h4-7,9H,2-3,8H2,1H3,(H,23,30)(H2,24,26,27,29)/i1D3. The molecule has 0 atom stereocenters. The maximum absolute atomic E-state index is 12.8. The molecule has 3 aromatic heterocycles. The van der Waals surface area contributed by atoms with Crippen molar-refractivity contribution in [1.29, 1.82) is 0 Å². The van der Waals surface area contributed by atoms with Crippen LogP contribution < -0.4 is 21.5 Å². The summed E-state index contributed by atoms with van der Waals surface area (Å²) >= 11 is 1.03. The van der Waals surface area contributed by atoms with E-state index >= 15 is 0 Å². The number of aromatic nitrogens is 3. The summed E-state index contributed by atoms with van der Waals surface area (Å²) in [6, 6.07) is 1.27. The Labute approximate surface area is 186 Å². The fraction of sp³-hybridized carbons (Fsp3) is 0.316. The number of alkyl halides is 3. The molecule has 0 unspecified atom stereocenters. The summed E-state index contributed by atoms with van der Waals surface area (Å²) in [7, 11) is 0. The van der Waals surface area contributed by atoms with E-state index < -0.39 is 31.2 Å². The molecule has 1 aliphatic carbocycles. The number of pyridine rings is 1. The smallest absolute Gasteiger partial charge is 0.355 e. The Morgan fingerprint density at radius 2 is 2.09 bits per heavy atom. The summed E-state index contributed by atoms with van der Waals surface area (Å²) in [5.41, 5.74) is -1.18. The number of hydrogen-bond donors (Lipinski definition) is 3. The van der Waals surface area contributed by atoms with Gasteiger partial charge in [-0.2, -0.15) is 18.3 Å². The van der Waals surface area contributed by atoms with Gasteiger partial charge < -0.3 is 16.0 Å². The van der Waals surface area contributed by atoms with Crippen LogP contribution >= 0.6 is 11.3 Å². The van der Waals surface area contributed by atoms with Crippen molar-refractivity contribution in [3.8, 4) is 0 Å². The topological polar surface area (TPSA) is 118 Å². The molecule has 1 saturated carbocycles. The van der Waals surface area contributed by atoms with E-state index in [1.807, 2.05) is 5.32 Å². The van der Waals surface area contributed by atoms with Crippen molar-refractivity contribution in [3.63, 3.8) is 0 Å². The van der Waals surface area contributed by atoms with Crippen LogP contribution in [0.15, 0.2) is 28.6 Å². The molecule has 3 N–H and O–H groups in total. The van der Waals surface area contributed by atoms with Gasteiger partial charge in [-0.05, 0) is 12.8 Å². The lowest BCUT2D eigenvalue weighted by Crippen LogP contribution is -2.30. The Morgan fingerprint density at radius 1 is 1.31 bits per heavy atom. The first-order valence-electron chi connectivity index (χ1n) is 10.8. The molecule has 0 spiro atoms. The first-order valence-corrected chi connectivity index (χ1v) is 10.1. The van der Waals surface area contributed by atoms with Crippen LogP contribution in [-0.4, -0.2) is 39.7 Å². The SMILES string of the molecule is [2H]C([2H])([2H])NC(=O)c1cnc(NC(=O)C2CC2)cc1Nc1csc2cnn(CC(F)(F)F)c(=O)c12. The lowest BCUT2D eigenvalue weighted by Gasteiger charge is -2.13. The molecule has 32 heavy (non-hydrogen) atoms. The van der Waals surface area contributed by atoms with E-state index in [2.05, 4.69) is 20.7 Å². The van der Waals surface area contributed by atoms with Gasteiger partial charge in [0, 0.05) is 34.6 Å². The number of rotatable bonds is 6. The van der Waals surface area contributed by atoms with Crippen LogP contribution in [0.1, 0.15) is 27.3 Å². The van der Waals surface area contributed by atoms with Crippen molar-refractivity contribution in [2.45, 2.75) is 25.6 Å². The number of anilines is 3. The fourth-order valence-electron chi connectivity index (χ4n) is 2.96. The molecule has 4 rings (SSSR count). The summed E-state index contributed by atoms with van der Waals surface area (Å²) in [6.07, 6.45) is -1.04. The molecule has 2 amide bonds. The Kier molecular flexibility index (Phi) is 4.66. The van der Waals surface area contributed by atoms with Crippen molar-refractivity contribution < 1.29 is 26.9 Å². The number of carbonyl (C=O) groups excluding carboxylic acids is 2. The monoisotopic (exact) mass is 469 g/mol. The second kappa shape index (κ2) is 8.22.